The highest BCUT2D eigenvalue weighted by Crippen LogP contribution is 2.27. The van der Waals surface area contributed by atoms with Crippen LogP contribution in [0.1, 0.15) is 56.8 Å². The van der Waals surface area contributed by atoms with Gasteiger partial charge in [0.05, 0.1) is 0 Å². The van der Waals surface area contributed by atoms with Crippen LogP contribution in [-0.4, -0.2) is 24.5 Å². The Morgan fingerprint density at radius 2 is 1.89 bits per heavy atom. The first-order chi connectivity index (χ1) is 12.4. The lowest BCUT2D eigenvalue weighted by Crippen LogP contribution is -2.28. The number of carbonyl (C=O) groups excluding carboxylic acids is 1. The van der Waals surface area contributed by atoms with E-state index in [2.05, 4.69) is 20.2 Å². The smallest absolute Gasteiger partial charge is 0.270 e. The van der Waals surface area contributed by atoms with Crippen LogP contribution in [0.5, 0.6) is 0 Å². The van der Waals surface area contributed by atoms with Crippen molar-refractivity contribution in [2.75, 3.05) is 5.32 Å². The van der Waals surface area contributed by atoms with Crippen molar-refractivity contribution < 1.29 is 13.2 Å². The summed E-state index contributed by atoms with van der Waals surface area (Å²) in [5, 5.41) is 10.3. The van der Waals surface area contributed by atoms with E-state index in [4.69, 9.17) is 0 Å². The average molecular weight is 411 g/mol. The molecule has 0 saturated carbocycles. The fraction of sp³-hybridized carbons (Fsp3) is 0.500. The zero-order valence-electron chi connectivity index (χ0n) is 16.5. The van der Waals surface area contributed by atoms with Crippen LogP contribution in [0.4, 0.5) is 5.13 Å². The van der Waals surface area contributed by atoms with Gasteiger partial charge in [-0.05, 0) is 31.4 Å². The Labute approximate surface area is 164 Å². The van der Waals surface area contributed by atoms with E-state index in [9.17, 15) is 13.2 Å². The molecule has 0 radical (unpaired) electrons. The predicted octanol–water partition coefficient (Wildman–Crippen LogP) is 3.57. The van der Waals surface area contributed by atoms with E-state index in [1.165, 1.54) is 0 Å². The molecule has 0 spiro atoms. The molecule has 7 nitrogen and oxygen atoms in total. The third-order valence-corrected chi connectivity index (χ3v) is 6.72. The van der Waals surface area contributed by atoms with Crippen LogP contribution in [0, 0.1) is 19.3 Å². The topological polar surface area (TPSA) is 101 Å². The molecule has 1 amide bonds. The zero-order chi connectivity index (χ0) is 20.4. The first-order valence-electron chi connectivity index (χ1n) is 8.68. The van der Waals surface area contributed by atoms with Gasteiger partial charge in [0, 0.05) is 11.5 Å². The number of hydrogen-bond acceptors (Lipinski definition) is 6. The van der Waals surface area contributed by atoms with E-state index in [0.717, 1.165) is 28.0 Å². The largest absolute Gasteiger partial charge is 0.300 e. The Hall–Kier alpha value is -1.84. The van der Waals surface area contributed by atoms with Gasteiger partial charge in [0.15, 0.2) is 0 Å². The minimum Gasteiger partial charge on any atom is -0.300 e. The third-order valence-electron chi connectivity index (χ3n) is 4.04. The molecule has 1 atom stereocenters. The Morgan fingerprint density at radius 3 is 2.44 bits per heavy atom. The summed E-state index contributed by atoms with van der Waals surface area (Å²) in [4.78, 5) is 12.0. The van der Waals surface area contributed by atoms with Crippen LogP contribution < -0.4 is 10.0 Å². The quantitative estimate of drug-likeness (QED) is 0.709. The minimum atomic E-state index is -3.85. The number of nitrogens with zero attached hydrogens (tertiary/aromatic N) is 2. The van der Waals surface area contributed by atoms with Crippen molar-refractivity contribution in [3.63, 3.8) is 0 Å². The van der Waals surface area contributed by atoms with Gasteiger partial charge in [0.2, 0.25) is 15.4 Å². The Kier molecular flexibility index (Phi) is 6.39. The Morgan fingerprint density at radius 1 is 1.22 bits per heavy atom. The van der Waals surface area contributed by atoms with Gasteiger partial charge in [0.25, 0.3) is 10.0 Å². The third kappa shape index (κ3) is 5.33. The SMILES string of the molecule is CCC(NS(=O)(=O)c1nnc(NC(=O)C(C)(C)C)s1)c1ccc(C)cc1C. The van der Waals surface area contributed by atoms with E-state index in [0.29, 0.717) is 6.42 Å². The van der Waals surface area contributed by atoms with Gasteiger partial charge < -0.3 is 5.32 Å². The second kappa shape index (κ2) is 8.04. The van der Waals surface area contributed by atoms with Crippen LogP contribution in [0.3, 0.4) is 0 Å². The summed E-state index contributed by atoms with van der Waals surface area (Å²) in [7, 11) is -3.85. The molecule has 2 aromatic rings. The number of rotatable bonds is 6. The normalized spacial score (nSPS) is 13.4. The molecule has 0 aliphatic rings. The highest BCUT2D eigenvalue weighted by molar-refractivity contribution is 7.91. The number of sulfonamides is 1. The van der Waals surface area contributed by atoms with Crippen LogP contribution >= 0.6 is 11.3 Å². The first-order valence-corrected chi connectivity index (χ1v) is 11.0. The highest BCUT2D eigenvalue weighted by Gasteiger charge is 2.27. The molecule has 1 aromatic carbocycles. The molecular formula is C18H26N4O3S2. The average Bonchev–Trinajstić information content (AvgIpc) is 3.01. The maximum atomic E-state index is 12.7. The summed E-state index contributed by atoms with van der Waals surface area (Å²) in [5.41, 5.74) is 2.47. The van der Waals surface area contributed by atoms with Gasteiger partial charge in [-0.25, -0.2) is 13.1 Å². The second-order valence-electron chi connectivity index (χ2n) is 7.52. The van der Waals surface area contributed by atoms with Crippen LogP contribution in [0.2, 0.25) is 0 Å². The molecule has 0 bridgehead atoms. The van der Waals surface area contributed by atoms with Crippen LogP contribution in [0.15, 0.2) is 22.5 Å². The molecule has 0 aliphatic heterocycles. The van der Waals surface area contributed by atoms with Crippen molar-refractivity contribution >= 4 is 32.4 Å². The summed E-state index contributed by atoms with van der Waals surface area (Å²) < 4.78 is 28.0. The second-order valence-corrected chi connectivity index (χ2v) is 10.4. The van der Waals surface area contributed by atoms with Crippen molar-refractivity contribution in [1.29, 1.82) is 0 Å². The van der Waals surface area contributed by atoms with Crippen LogP contribution in [-0.2, 0) is 14.8 Å². The first kappa shape index (κ1) is 21.5. The van der Waals surface area contributed by atoms with Gasteiger partial charge in [-0.2, -0.15) is 0 Å². The number of benzene rings is 1. The lowest BCUT2D eigenvalue weighted by atomic mass is 9.96. The van der Waals surface area contributed by atoms with Gasteiger partial charge in [-0.3, -0.25) is 4.79 Å². The molecule has 27 heavy (non-hydrogen) atoms. The molecule has 2 rings (SSSR count). The van der Waals surface area contributed by atoms with Crippen molar-refractivity contribution in [2.24, 2.45) is 5.41 Å². The van der Waals surface area contributed by atoms with Gasteiger partial charge in [-0.15, -0.1) is 10.2 Å². The number of aromatic nitrogens is 2. The van der Waals surface area contributed by atoms with Crippen molar-refractivity contribution in [1.82, 2.24) is 14.9 Å². The molecule has 1 aromatic heterocycles. The van der Waals surface area contributed by atoms with Gasteiger partial charge in [0.1, 0.15) is 0 Å². The maximum Gasteiger partial charge on any atom is 0.270 e. The fourth-order valence-electron chi connectivity index (χ4n) is 2.47. The highest BCUT2D eigenvalue weighted by atomic mass is 32.2. The number of anilines is 1. The predicted molar refractivity (Wildman–Crippen MR) is 107 cm³/mol. The zero-order valence-corrected chi connectivity index (χ0v) is 18.1. The summed E-state index contributed by atoms with van der Waals surface area (Å²) >= 11 is 0.834. The number of aryl methyl sites for hydroxylation is 2. The van der Waals surface area contributed by atoms with Crippen molar-refractivity contribution in [2.45, 2.75) is 58.3 Å². The Balaban J connectivity index is 2.21. The van der Waals surface area contributed by atoms with Crippen LogP contribution in [0.25, 0.3) is 0 Å². The van der Waals surface area contributed by atoms with Crippen molar-refractivity contribution in [3.05, 3.63) is 34.9 Å². The molecule has 0 saturated heterocycles. The maximum absolute atomic E-state index is 12.7. The molecule has 148 valence electrons. The van der Waals surface area contributed by atoms with E-state index in [1.807, 2.05) is 39.0 Å². The van der Waals surface area contributed by atoms with Gasteiger partial charge in [-0.1, -0.05) is 62.8 Å². The summed E-state index contributed by atoms with van der Waals surface area (Å²) in [6.07, 6.45) is 0.593. The van der Waals surface area contributed by atoms with E-state index in [1.54, 1.807) is 20.8 Å². The molecule has 0 fully saturated rings. The van der Waals surface area contributed by atoms with E-state index in [-0.39, 0.29) is 21.4 Å². The molecule has 1 heterocycles. The lowest BCUT2D eigenvalue weighted by molar-refractivity contribution is -0.123. The van der Waals surface area contributed by atoms with E-state index >= 15 is 0 Å². The molecule has 9 heteroatoms. The molecular weight excluding hydrogens is 384 g/mol. The standard InChI is InChI=1S/C18H26N4O3S2/c1-7-14(13-9-8-11(2)10-12(13)3)22-27(24,25)17-21-20-16(26-17)19-15(23)18(4,5)6/h8-10,14,22H,7H2,1-6H3,(H,19,20,23). The summed E-state index contributed by atoms with van der Waals surface area (Å²) in [5.74, 6) is -0.253. The number of nitrogens with one attached hydrogen (secondary N) is 2. The number of hydrogen-bond donors (Lipinski definition) is 2. The Bertz CT molecular complexity index is 930. The summed E-state index contributed by atoms with van der Waals surface area (Å²) in [6, 6.07) is 5.56. The lowest BCUT2D eigenvalue weighted by Gasteiger charge is -2.19. The fourth-order valence-corrected chi connectivity index (χ4v) is 4.68. The van der Waals surface area contributed by atoms with E-state index < -0.39 is 15.4 Å². The summed E-state index contributed by atoms with van der Waals surface area (Å²) in [6.45, 7) is 11.2. The number of amides is 1. The monoisotopic (exact) mass is 410 g/mol. The van der Waals surface area contributed by atoms with Gasteiger partial charge >= 0.3 is 0 Å². The minimum absolute atomic E-state index is 0.162. The number of carbonyl (C=O) groups is 1. The molecule has 2 N–H and O–H groups in total. The molecule has 0 aliphatic carbocycles. The molecule has 1 unspecified atom stereocenters. The van der Waals surface area contributed by atoms with Crippen molar-refractivity contribution in [3.8, 4) is 0 Å².